The minimum atomic E-state index is -4.76. The number of likely N-dealkylation sites (tertiary alicyclic amines) is 1. The van der Waals surface area contributed by atoms with E-state index >= 15 is 0 Å². The quantitative estimate of drug-likeness (QED) is 0.280. The maximum atomic E-state index is 13.7. The lowest BCUT2D eigenvalue weighted by Gasteiger charge is -2.25. The Morgan fingerprint density at radius 3 is 2.41 bits per heavy atom. The van der Waals surface area contributed by atoms with E-state index in [0.29, 0.717) is 17.4 Å². The van der Waals surface area contributed by atoms with Crippen molar-refractivity contribution in [3.05, 3.63) is 89.4 Å². The topological polar surface area (TPSA) is 88.0 Å². The van der Waals surface area contributed by atoms with E-state index in [4.69, 9.17) is 0 Å². The van der Waals surface area contributed by atoms with Crippen molar-refractivity contribution in [3.63, 3.8) is 0 Å². The van der Waals surface area contributed by atoms with E-state index in [1.54, 1.807) is 24.3 Å². The Kier molecular flexibility index (Phi) is 7.44. The molecule has 212 valence electrons. The highest BCUT2D eigenvalue weighted by molar-refractivity contribution is 6.04. The van der Waals surface area contributed by atoms with Crippen LogP contribution < -0.4 is 10.6 Å². The van der Waals surface area contributed by atoms with Crippen LogP contribution in [-0.4, -0.2) is 49.7 Å². The number of aromatic nitrogens is 4. The van der Waals surface area contributed by atoms with Crippen LogP contribution in [0.1, 0.15) is 53.0 Å². The Labute approximate surface area is 235 Å². The highest BCUT2D eigenvalue weighted by Crippen LogP contribution is 2.31. The van der Waals surface area contributed by atoms with E-state index in [1.165, 1.54) is 42.3 Å². The number of benzene rings is 2. The van der Waals surface area contributed by atoms with Gasteiger partial charge in [-0.3, -0.25) is 4.79 Å². The monoisotopic (exact) mass is 561 g/mol. The first kappa shape index (κ1) is 26.9. The molecular formula is C30H30F3N7O. The number of anilines is 3. The minimum Gasteiger partial charge on any atom is -0.324 e. The molecule has 4 aromatic rings. The molecule has 11 heteroatoms. The molecule has 0 radical (unpaired) electrons. The number of halogens is 3. The summed E-state index contributed by atoms with van der Waals surface area (Å²) in [6.07, 6.45) is 3.17. The molecule has 2 aliphatic rings. The van der Waals surface area contributed by atoms with Crippen molar-refractivity contribution in [2.45, 2.75) is 50.7 Å². The van der Waals surface area contributed by atoms with Crippen LogP contribution in [0.4, 0.5) is 30.5 Å². The molecule has 0 spiro atoms. The van der Waals surface area contributed by atoms with Gasteiger partial charge in [-0.05, 0) is 99.1 Å². The summed E-state index contributed by atoms with van der Waals surface area (Å²) in [5.74, 6) is -1.85. The van der Waals surface area contributed by atoms with Crippen molar-refractivity contribution in [3.8, 4) is 5.82 Å². The summed E-state index contributed by atoms with van der Waals surface area (Å²) < 4.78 is 42.0. The molecule has 0 saturated carbocycles. The highest BCUT2D eigenvalue weighted by atomic mass is 19.4. The Hall–Kier alpha value is -4.25. The molecule has 1 saturated heterocycles. The number of aryl methyl sites for hydroxylation is 2. The third-order valence-electron chi connectivity index (χ3n) is 7.73. The van der Waals surface area contributed by atoms with Gasteiger partial charge >= 0.3 is 6.18 Å². The average Bonchev–Trinajstić information content (AvgIpc) is 3.61. The van der Waals surface area contributed by atoms with E-state index in [9.17, 15) is 18.0 Å². The molecular weight excluding hydrogens is 531 g/mol. The van der Waals surface area contributed by atoms with E-state index in [1.807, 2.05) is 24.3 Å². The van der Waals surface area contributed by atoms with Crippen molar-refractivity contribution >= 4 is 23.2 Å². The van der Waals surface area contributed by atoms with Gasteiger partial charge in [0.1, 0.15) is 0 Å². The number of carbonyl (C=O) groups is 1. The third-order valence-corrected chi connectivity index (χ3v) is 7.73. The lowest BCUT2D eigenvalue weighted by molar-refractivity contribution is -0.144. The first-order chi connectivity index (χ1) is 19.8. The van der Waals surface area contributed by atoms with Crippen LogP contribution in [0, 0.1) is 0 Å². The molecule has 8 nitrogen and oxygen atoms in total. The van der Waals surface area contributed by atoms with Gasteiger partial charge in [0.15, 0.2) is 5.82 Å². The maximum absolute atomic E-state index is 13.7. The SMILES string of the molecule is O=C(Nc1ccccc1)c1ccnc(-n2nc(C(F)(F)F)nc2Nc2ccc3c(c2)CCC(N2CCCC2)CC3)c1. The number of nitrogens with zero attached hydrogens (tertiary/aromatic N) is 5. The molecule has 0 bridgehead atoms. The fourth-order valence-corrected chi connectivity index (χ4v) is 5.64. The molecule has 2 aromatic heterocycles. The van der Waals surface area contributed by atoms with Crippen LogP contribution in [0.25, 0.3) is 5.82 Å². The van der Waals surface area contributed by atoms with Crippen molar-refractivity contribution < 1.29 is 18.0 Å². The summed E-state index contributed by atoms with van der Waals surface area (Å²) in [7, 11) is 0. The lowest BCUT2D eigenvalue weighted by atomic mass is 10.0. The lowest BCUT2D eigenvalue weighted by Crippen LogP contribution is -2.32. The fourth-order valence-electron chi connectivity index (χ4n) is 5.64. The van der Waals surface area contributed by atoms with Gasteiger partial charge in [0, 0.05) is 29.2 Å². The number of alkyl halides is 3. The maximum Gasteiger partial charge on any atom is 0.453 e. The van der Waals surface area contributed by atoms with Crippen LogP contribution in [-0.2, 0) is 19.0 Å². The standard InChI is InChI=1S/C30H30F3N7O/c31-30(32,33)28-37-29(36-24-11-8-20-9-12-25(13-10-21(20)18-24)39-16-4-5-17-39)40(38-28)26-19-22(14-15-34-26)27(41)35-23-6-2-1-3-7-23/h1-3,6-8,11,14-15,18-19,25H,4-5,9-10,12-13,16-17H2,(H,35,41)(H,36,37,38). The number of hydrogen-bond acceptors (Lipinski definition) is 6. The zero-order valence-corrected chi connectivity index (χ0v) is 22.4. The van der Waals surface area contributed by atoms with Crippen LogP contribution in [0.15, 0.2) is 66.9 Å². The molecule has 2 N–H and O–H groups in total. The first-order valence-corrected chi connectivity index (χ1v) is 13.8. The highest BCUT2D eigenvalue weighted by Gasteiger charge is 2.37. The van der Waals surface area contributed by atoms with Gasteiger partial charge in [0.2, 0.25) is 5.95 Å². The van der Waals surface area contributed by atoms with E-state index in [-0.39, 0.29) is 17.3 Å². The smallest absolute Gasteiger partial charge is 0.324 e. The second kappa shape index (κ2) is 11.3. The number of pyridine rings is 1. The van der Waals surface area contributed by atoms with E-state index in [2.05, 4.69) is 30.6 Å². The Bertz CT molecular complexity index is 1530. The van der Waals surface area contributed by atoms with Gasteiger partial charge < -0.3 is 15.5 Å². The van der Waals surface area contributed by atoms with Crippen molar-refractivity contribution in [2.24, 2.45) is 0 Å². The predicted molar refractivity (Wildman–Crippen MR) is 150 cm³/mol. The van der Waals surface area contributed by atoms with Gasteiger partial charge in [-0.25, -0.2) is 4.98 Å². The molecule has 1 fully saturated rings. The number of para-hydroxylation sites is 1. The van der Waals surface area contributed by atoms with Crippen molar-refractivity contribution in [1.82, 2.24) is 24.6 Å². The number of rotatable bonds is 6. The molecule has 1 aliphatic heterocycles. The van der Waals surface area contributed by atoms with Gasteiger partial charge in [-0.1, -0.05) is 24.3 Å². The summed E-state index contributed by atoms with van der Waals surface area (Å²) in [6.45, 7) is 2.32. The first-order valence-electron chi connectivity index (χ1n) is 13.8. The molecule has 3 heterocycles. The minimum absolute atomic E-state index is 0.0272. The summed E-state index contributed by atoms with van der Waals surface area (Å²) in [6, 6.07) is 18.2. The largest absolute Gasteiger partial charge is 0.453 e. The summed E-state index contributed by atoms with van der Waals surface area (Å²) in [5.41, 5.74) is 3.88. The van der Waals surface area contributed by atoms with Gasteiger partial charge in [0.05, 0.1) is 0 Å². The number of nitrogens with one attached hydrogen (secondary N) is 2. The number of carbonyl (C=O) groups excluding carboxylic acids is 1. The Balaban J connectivity index is 1.26. The molecule has 1 aliphatic carbocycles. The molecule has 2 aromatic carbocycles. The molecule has 1 unspecified atom stereocenters. The Morgan fingerprint density at radius 2 is 1.66 bits per heavy atom. The predicted octanol–water partition coefficient (Wildman–Crippen LogP) is 6.02. The molecule has 41 heavy (non-hydrogen) atoms. The summed E-state index contributed by atoms with van der Waals surface area (Å²) >= 11 is 0. The van der Waals surface area contributed by atoms with Gasteiger partial charge in [-0.15, -0.1) is 5.10 Å². The zero-order chi connectivity index (χ0) is 28.4. The van der Waals surface area contributed by atoms with Crippen LogP contribution in [0.5, 0.6) is 0 Å². The van der Waals surface area contributed by atoms with Crippen molar-refractivity contribution in [2.75, 3.05) is 23.7 Å². The third kappa shape index (κ3) is 6.09. The number of fused-ring (bicyclic) bond motifs is 1. The average molecular weight is 562 g/mol. The van der Waals surface area contributed by atoms with E-state index < -0.39 is 17.9 Å². The molecule has 1 amide bonds. The van der Waals surface area contributed by atoms with Gasteiger partial charge in [-0.2, -0.15) is 22.8 Å². The summed E-state index contributed by atoms with van der Waals surface area (Å²) in [4.78, 5) is 23.4. The van der Waals surface area contributed by atoms with Crippen LogP contribution >= 0.6 is 0 Å². The van der Waals surface area contributed by atoms with Crippen LogP contribution in [0.3, 0.4) is 0 Å². The van der Waals surface area contributed by atoms with Crippen LogP contribution in [0.2, 0.25) is 0 Å². The normalized spacial score (nSPS) is 17.6. The van der Waals surface area contributed by atoms with E-state index in [0.717, 1.165) is 43.5 Å². The number of amides is 1. The summed E-state index contributed by atoms with van der Waals surface area (Å²) in [5, 5.41) is 9.50. The molecule has 1 atom stereocenters. The fraction of sp³-hybridized carbons (Fsp3) is 0.333. The van der Waals surface area contributed by atoms with Gasteiger partial charge in [0.25, 0.3) is 11.7 Å². The second-order valence-corrected chi connectivity index (χ2v) is 10.5. The number of hydrogen-bond donors (Lipinski definition) is 2. The van der Waals surface area contributed by atoms with Crippen molar-refractivity contribution in [1.29, 1.82) is 0 Å². The second-order valence-electron chi connectivity index (χ2n) is 10.5. The Morgan fingerprint density at radius 1 is 0.902 bits per heavy atom. The zero-order valence-electron chi connectivity index (χ0n) is 22.4. The molecule has 6 rings (SSSR count).